The lowest BCUT2D eigenvalue weighted by molar-refractivity contribution is -0.00656. The van der Waals surface area contributed by atoms with E-state index in [-0.39, 0.29) is 17.6 Å². The third-order valence-electron chi connectivity index (χ3n) is 3.87. The fourth-order valence-corrected chi connectivity index (χ4v) is 2.46. The standard InChI is InChI=1S/C15H22FNO/c1-15(2)8-6-12(7-9-15)18-10-11-4-3-5-13(17)14(11)16/h3-5,12H,6-10,17H2,1-2H3. The second-order valence-electron chi connectivity index (χ2n) is 5.99. The van der Waals surface area contributed by atoms with Crippen LogP contribution in [-0.4, -0.2) is 6.10 Å². The van der Waals surface area contributed by atoms with Crippen molar-refractivity contribution in [3.8, 4) is 0 Å². The largest absolute Gasteiger partial charge is 0.396 e. The Morgan fingerprint density at radius 1 is 1.33 bits per heavy atom. The van der Waals surface area contributed by atoms with Gasteiger partial charge in [0.2, 0.25) is 0 Å². The Kier molecular flexibility index (Phi) is 3.91. The number of hydrogen-bond donors (Lipinski definition) is 1. The van der Waals surface area contributed by atoms with Crippen LogP contribution in [0.25, 0.3) is 0 Å². The molecule has 2 nitrogen and oxygen atoms in total. The van der Waals surface area contributed by atoms with Crippen LogP contribution in [0.3, 0.4) is 0 Å². The Balaban J connectivity index is 1.87. The van der Waals surface area contributed by atoms with Gasteiger partial charge in [0.1, 0.15) is 0 Å². The highest BCUT2D eigenvalue weighted by Crippen LogP contribution is 2.36. The van der Waals surface area contributed by atoms with E-state index < -0.39 is 0 Å². The topological polar surface area (TPSA) is 35.2 Å². The maximum Gasteiger partial charge on any atom is 0.151 e. The summed E-state index contributed by atoms with van der Waals surface area (Å²) >= 11 is 0. The van der Waals surface area contributed by atoms with Gasteiger partial charge in [-0.15, -0.1) is 0 Å². The number of benzene rings is 1. The third-order valence-corrected chi connectivity index (χ3v) is 3.87. The lowest BCUT2D eigenvalue weighted by atomic mass is 9.76. The summed E-state index contributed by atoms with van der Waals surface area (Å²) in [5.41, 5.74) is 6.72. The Labute approximate surface area is 108 Å². The molecule has 100 valence electrons. The molecule has 18 heavy (non-hydrogen) atoms. The van der Waals surface area contributed by atoms with Gasteiger partial charge in [-0.25, -0.2) is 4.39 Å². The Morgan fingerprint density at radius 3 is 2.67 bits per heavy atom. The average molecular weight is 251 g/mol. The highest BCUT2D eigenvalue weighted by atomic mass is 19.1. The van der Waals surface area contributed by atoms with Gasteiger partial charge in [-0.3, -0.25) is 0 Å². The fourth-order valence-electron chi connectivity index (χ4n) is 2.46. The van der Waals surface area contributed by atoms with Crippen LogP contribution in [-0.2, 0) is 11.3 Å². The monoisotopic (exact) mass is 251 g/mol. The summed E-state index contributed by atoms with van der Waals surface area (Å²) in [6.07, 6.45) is 4.75. The maximum atomic E-state index is 13.7. The van der Waals surface area contributed by atoms with Crippen molar-refractivity contribution in [2.24, 2.45) is 5.41 Å². The molecule has 2 rings (SSSR count). The highest BCUT2D eigenvalue weighted by molar-refractivity contribution is 5.42. The first-order valence-corrected chi connectivity index (χ1v) is 6.62. The van der Waals surface area contributed by atoms with Gasteiger partial charge in [-0.2, -0.15) is 0 Å². The van der Waals surface area contributed by atoms with Crippen LogP contribution in [0.5, 0.6) is 0 Å². The summed E-state index contributed by atoms with van der Waals surface area (Å²) in [5.74, 6) is -0.339. The number of nitrogen functional groups attached to an aromatic ring is 1. The number of hydrogen-bond acceptors (Lipinski definition) is 2. The van der Waals surface area contributed by atoms with Crippen molar-refractivity contribution in [2.75, 3.05) is 5.73 Å². The summed E-state index contributed by atoms with van der Waals surface area (Å²) in [6, 6.07) is 5.07. The van der Waals surface area contributed by atoms with Crippen molar-refractivity contribution in [3.63, 3.8) is 0 Å². The van der Waals surface area contributed by atoms with Crippen molar-refractivity contribution >= 4 is 5.69 Å². The number of halogens is 1. The van der Waals surface area contributed by atoms with Crippen LogP contribution >= 0.6 is 0 Å². The summed E-state index contributed by atoms with van der Waals surface area (Å²) in [6.45, 7) is 4.91. The molecule has 2 N–H and O–H groups in total. The van der Waals surface area contributed by atoms with Crippen molar-refractivity contribution in [1.29, 1.82) is 0 Å². The van der Waals surface area contributed by atoms with Gasteiger partial charge in [-0.05, 0) is 37.2 Å². The van der Waals surface area contributed by atoms with Crippen LogP contribution in [0.1, 0.15) is 45.1 Å². The molecular weight excluding hydrogens is 229 g/mol. The first-order valence-electron chi connectivity index (χ1n) is 6.62. The first kappa shape index (κ1) is 13.3. The molecule has 0 aromatic heterocycles. The Bertz CT molecular complexity index is 407. The number of rotatable bonds is 3. The molecule has 0 unspecified atom stereocenters. The molecule has 0 amide bonds. The Morgan fingerprint density at radius 2 is 2.00 bits per heavy atom. The molecule has 1 saturated carbocycles. The number of anilines is 1. The van der Waals surface area contributed by atoms with E-state index in [1.54, 1.807) is 18.2 Å². The second kappa shape index (κ2) is 5.27. The fraction of sp³-hybridized carbons (Fsp3) is 0.600. The summed E-state index contributed by atoms with van der Waals surface area (Å²) in [7, 11) is 0. The van der Waals surface area contributed by atoms with E-state index in [4.69, 9.17) is 10.5 Å². The molecule has 0 spiro atoms. The van der Waals surface area contributed by atoms with Crippen LogP contribution in [0, 0.1) is 11.2 Å². The van der Waals surface area contributed by atoms with Crippen LogP contribution in [0.4, 0.5) is 10.1 Å². The molecule has 1 aromatic rings. The lowest BCUT2D eigenvalue weighted by Gasteiger charge is -2.34. The van der Waals surface area contributed by atoms with Crippen molar-refractivity contribution in [1.82, 2.24) is 0 Å². The molecule has 3 heteroatoms. The van der Waals surface area contributed by atoms with E-state index in [1.807, 2.05) is 0 Å². The zero-order valence-corrected chi connectivity index (χ0v) is 11.2. The van der Waals surface area contributed by atoms with E-state index in [0.717, 1.165) is 12.8 Å². The summed E-state index contributed by atoms with van der Waals surface area (Å²) in [4.78, 5) is 0. The predicted molar refractivity (Wildman–Crippen MR) is 71.6 cm³/mol. The first-order chi connectivity index (χ1) is 8.48. The van der Waals surface area contributed by atoms with Gasteiger partial charge >= 0.3 is 0 Å². The SMILES string of the molecule is CC1(C)CCC(OCc2cccc(N)c2F)CC1. The predicted octanol–water partition coefficient (Wildman–Crippen LogP) is 3.89. The molecule has 1 aromatic carbocycles. The number of nitrogens with two attached hydrogens (primary N) is 1. The molecule has 0 radical (unpaired) electrons. The van der Waals surface area contributed by atoms with Gasteiger partial charge < -0.3 is 10.5 Å². The Hall–Kier alpha value is -1.09. The van der Waals surface area contributed by atoms with Crippen molar-refractivity contribution in [3.05, 3.63) is 29.6 Å². The van der Waals surface area contributed by atoms with E-state index in [2.05, 4.69) is 13.8 Å². The minimum atomic E-state index is -0.339. The summed E-state index contributed by atoms with van der Waals surface area (Å²) < 4.78 is 19.5. The molecule has 0 bridgehead atoms. The smallest absolute Gasteiger partial charge is 0.151 e. The van der Waals surface area contributed by atoms with Crippen LogP contribution < -0.4 is 5.73 Å². The van der Waals surface area contributed by atoms with Gasteiger partial charge in [0, 0.05) is 5.56 Å². The van der Waals surface area contributed by atoms with E-state index >= 15 is 0 Å². The van der Waals surface area contributed by atoms with Gasteiger partial charge in [0.25, 0.3) is 0 Å². The molecule has 1 aliphatic carbocycles. The molecule has 0 atom stereocenters. The van der Waals surface area contributed by atoms with Crippen molar-refractivity contribution < 1.29 is 9.13 Å². The normalized spacial score (nSPS) is 19.9. The molecule has 1 fully saturated rings. The average Bonchev–Trinajstić information content (AvgIpc) is 2.33. The van der Waals surface area contributed by atoms with Crippen LogP contribution in [0.2, 0.25) is 0 Å². The van der Waals surface area contributed by atoms with Crippen LogP contribution in [0.15, 0.2) is 18.2 Å². The van der Waals surface area contributed by atoms with Gasteiger partial charge in [-0.1, -0.05) is 26.0 Å². The van der Waals surface area contributed by atoms with Gasteiger partial charge in [0.15, 0.2) is 5.82 Å². The van der Waals surface area contributed by atoms with E-state index in [1.165, 1.54) is 12.8 Å². The quantitative estimate of drug-likeness (QED) is 0.827. The minimum absolute atomic E-state index is 0.195. The molecule has 1 aliphatic rings. The van der Waals surface area contributed by atoms with E-state index in [9.17, 15) is 4.39 Å². The second-order valence-corrected chi connectivity index (χ2v) is 5.99. The van der Waals surface area contributed by atoms with Crippen molar-refractivity contribution in [2.45, 2.75) is 52.2 Å². The van der Waals surface area contributed by atoms with Gasteiger partial charge in [0.05, 0.1) is 18.4 Å². The highest BCUT2D eigenvalue weighted by Gasteiger charge is 2.27. The maximum absolute atomic E-state index is 13.7. The molecular formula is C15H22FNO. The molecule has 0 heterocycles. The summed E-state index contributed by atoms with van der Waals surface area (Å²) in [5, 5.41) is 0. The zero-order chi connectivity index (χ0) is 13.2. The number of ether oxygens (including phenoxy) is 1. The molecule has 0 saturated heterocycles. The zero-order valence-electron chi connectivity index (χ0n) is 11.2. The van der Waals surface area contributed by atoms with E-state index in [0.29, 0.717) is 17.6 Å². The minimum Gasteiger partial charge on any atom is -0.396 e. The molecule has 0 aliphatic heterocycles. The third kappa shape index (κ3) is 3.22. The lowest BCUT2D eigenvalue weighted by Crippen LogP contribution is -2.26.